The van der Waals surface area contributed by atoms with E-state index in [1.54, 1.807) is 6.20 Å². The van der Waals surface area contributed by atoms with Gasteiger partial charge in [0.2, 0.25) is 10.0 Å². The molecule has 108 valence electrons. The van der Waals surface area contributed by atoms with E-state index in [0.717, 1.165) is 0 Å². The first-order valence-corrected chi connectivity index (χ1v) is 7.39. The van der Waals surface area contributed by atoms with Crippen LogP contribution in [0.5, 0.6) is 0 Å². The summed E-state index contributed by atoms with van der Waals surface area (Å²) in [6, 6.07) is 2.53. The van der Waals surface area contributed by atoms with E-state index in [0.29, 0.717) is 5.56 Å². The lowest BCUT2D eigenvalue weighted by molar-refractivity contribution is 0.577. The maximum Gasteiger partial charge on any atom is 0.240 e. The van der Waals surface area contributed by atoms with Gasteiger partial charge in [-0.3, -0.25) is 5.10 Å². The van der Waals surface area contributed by atoms with Gasteiger partial charge in [-0.1, -0.05) is 0 Å². The molecule has 2 aromatic rings. The minimum absolute atomic E-state index is 0.000319. The molecule has 20 heavy (non-hydrogen) atoms. The second-order valence-corrected chi connectivity index (χ2v) is 6.12. The molecule has 0 unspecified atom stereocenters. The predicted octanol–water partition coefficient (Wildman–Crippen LogP) is 0.794. The molecule has 8 heteroatoms. The topological polar surface area (TPSA) is 101 Å². The Morgan fingerprint density at radius 2 is 2.20 bits per heavy atom. The summed E-state index contributed by atoms with van der Waals surface area (Å²) in [7, 11) is -3.72. The zero-order valence-corrected chi connectivity index (χ0v) is 11.7. The molecule has 0 aliphatic carbocycles. The van der Waals surface area contributed by atoms with Crippen molar-refractivity contribution in [2.24, 2.45) is 5.73 Å². The number of halogens is 1. The third-order valence-electron chi connectivity index (χ3n) is 2.85. The van der Waals surface area contributed by atoms with Crippen molar-refractivity contribution in [1.82, 2.24) is 14.9 Å². The summed E-state index contributed by atoms with van der Waals surface area (Å²) in [5.41, 5.74) is 6.54. The first-order chi connectivity index (χ1) is 9.44. The average molecular weight is 298 g/mol. The number of rotatable bonds is 5. The van der Waals surface area contributed by atoms with Crippen molar-refractivity contribution in [3.8, 4) is 0 Å². The monoisotopic (exact) mass is 298 g/mol. The molecule has 0 aliphatic rings. The highest BCUT2D eigenvalue weighted by molar-refractivity contribution is 7.89. The van der Waals surface area contributed by atoms with Crippen molar-refractivity contribution in [3.63, 3.8) is 0 Å². The fraction of sp³-hybridized carbons (Fsp3) is 0.250. The SMILES string of the molecule is Cc1cc(S(=O)(=O)NCc2cn[nH]c2)cc(CN)c1F. The van der Waals surface area contributed by atoms with Gasteiger partial charge in [0.25, 0.3) is 0 Å². The molecule has 0 radical (unpaired) electrons. The molecule has 0 aliphatic heterocycles. The Balaban J connectivity index is 2.27. The lowest BCUT2D eigenvalue weighted by Gasteiger charge is -2.10. The lowest BCUT2D eigenvalue weighted by atomic mass is 10.1. The highest BCUT2D eigenvalue weighted by Crippen LogP contribution is 2.19. The number of aryl methyl sites for hydroxylation is 1. The van der Waals surface area contributed by atoms with Crippen LogP contribution in [0.3, 0.4) is 0 Å². The second-order valence-electron chi connectivity index (χ2n) is 4.35. The highest BCUT2D eigenvalue weighted by atomic mass is 32.2. The minimum atomic E-state index is -3.72. The minimum Gasteiger partial charge on any atom is -0.326 e. The molecule has 0 saturated carbocycles. The van der Waals surface area contributed by atoms with Crippen LogP contribution in [0, 0.1) is 12.7 Å². The van der Waals surface area contributed by atoms with E-state index in [1.807, 2.05) is 0 Å². The van der Waals surface area contributed by atoms with E-state index in [2.05, 4.69) is 14.9 Å². The van der Waals surface area contributed by atoms with E-state index in [1.165, 1.54) is 25.3 Å². The zero-order chi connectivity index (χ0) is 14.8. The molecule has 0 fully saturated rings. The summed E-state index contributed by atoms with van der Waals surface area (Å²) in [5, 5.41) is 6.31. The van der Waals surface area contributed by atoms with Crippen molar-refractivity contribution in [1.29, 1.82) is 0 Å². The van der Waals surface area contributed by atoms with E-state index >= 15 is 0 Å². The summed E-state index contributed by atoms with van der Waals surface area (Å²) < 4.78 is 40.4. The van der Waals surface area contributed by atoms with Crippen LogP contribution < -0.4 is 10.5 Å². The maximum absolute atomic E-state index is 13.7. The molecule has 0 bridgehead atoms. The first-order valence-electron chi connectivity index (χ1n) is 5.90. The molecule has 0 amide bonds. The van der Waals surface area contributed by atoms with Gasteiger partial charge >= 0.3 is 0 Å². The van der Waals surface area contributed by atoms with Crippen LogP contribution in [0.1, 0.15) is 16.7 Å². The van der Waals surface area contributed by atoms with Gasteiger partial charge in [0.15, 0.2) is 0 Å². The van der Waals surface area contributed by atoms with Crippen molar-refractivity contribution in [2.45, 2.75) is 24.9 Å². The number of nitrogens with zero attached hydrogens (tertiary/aromatic N) is 1. The Labute approximate surface area is 116 Å². The van der Waals surface area contributed by atoms with Crippen LogP contribution >= 0.6 is 0 Å². The number of benzene rings is 1. The van der Waals surface area contributed by atoms with E-state index in [-0.39, 0.29) is 29.1 Å². The highest BCUT2D eigenvalue weighted by Gasteiger charge is 2.17. The molecule has 0 atom stereocenters. The van der Waals surface area contributed by atoms with E-state index < -0.39 is 15.8 Å². The molecule has 2 rings (SSSR count). The lowest BCUT2D eigenvalue weighted by Crippen LogP contribution is -2.23. The van der Waals surface area contributed by atoms with Crippen molar-refractivity contribution < 1.29 is 12.8 Å². The van der Waals surface area contributed by atoms with Crippen LogP contribution in [-0.2, 0) is 23.1 Å². The van der Waals surface area contributed by atoms with Crippen molar-refractivity contribution >= 4 is 10.0 Å². The van der Waals surface area contributed by atoms with Crippen LogP contribution in [0.25, 0.3) is 0 Å². The smallest absolute Gasteiger partial charge is 0.240 e. The van der Waals surface area contributed by atoms with Gasteiger partial charge in [0, 0.05) is 30.4 Å². The number of aromatic amines is 1. The van der Waals surface area contributed by atoms with Crippen LogP contribution in [0.15, 0.2) is 29.4 Å². The van der Waals surface area contributed by atoms with Crippen LogP contribution in [-0.4, -0.2) is 18.6 Å². The first kappa shape index (κ1) is 14.6. The van der Waals surface area contributed by atoms with Gasteiger partial charge < -0.3 is 5.73 Å². The number of H-pyrrole nitrogens is 1. The predicted molar refractivity (Wildman–Crippen MR) is 71.6 cm³/mol. The van der Waals surface area contributed by atoms with Crippen molar-refractivity contribution in [3.05, 3.63) is 47.0 Å². The average Bonchev–Trinajstić information content (AvgIpc) is 2.92. The molecule has 1 aromatic heterocycles. The van der Waals surface area contributed by atoms with Gasteiger partial charge in [0.05, 0.1) is 11.1 Å². The van der Waals surface area contributed by atoms with Gasteiger partial charge in [-0.25, -0.2) is 17.5 Å². The summed E-state index contributed by atoms with van der Waals surface area (Å²) >= 11 is 0. The number of aromatic nitrogens is 2. The number of nitrogens with one attached hydrogen (secondary N) is 2. The van der Waals surface area contributed by atoms with Crippen molar-refractivity contribution in [2.75, 3.05) is 0 Å². The number of sulfonamides is 1. The molecule has 0 spiro atoms. The third kappa shape index (κ3) is 3.03. The molecule has 4 N–H and O–H groups in total. The molecule has 0 saturated heterocycles. The quantitative estimate of drug-likeness (QED) is 0.759. The van der Waals surface area contributed by atoms with Gasteiger partial charge in [-0.2, -0.15) is 5.10 Å². The summed E-state index contributed by atoms with van der Waals surface area (Å²) in [6.07, 6.45) is 3.10. The van der Waals surface area contributed by atoms with Gasteiger partial charge in [-0.05, 0) is 24.6 Å². The van der Waals surface area contributed by atoms with Gasteiger partial charge in [0.1, 0.15) is 5.82 Å². The Hall–Kier alpha value is -1.77. The standard InChI is InChI=1S/C12H15FN4O2S/c1-8-2-11(3-10(4-14)12(8)13)20(18,19)17-7-9-5-15-16-6-9/h2-3,5-6,17H,4,7,14H2,1H3,(H,15,16). The van der Waals surface area contributed by atoms with E-state index in [9.17, 15) is 12.8 Å². The summed E-state index contributed by atoms with van der Waals surface area (Å²) in [6.45, 7) is 1.55. The Kier molecular flexibility index (Phi) is 4.17. The number of nitrogens with two attached hydrogens (primary N) is 1. The second kappa shape index (κ2) is 5.70. The zero-order valence-electron chi connectivity index (χ0n) is 10.9. The fourth-order valence-electron chi connectivity index (χ4n) is 1.75. The maximum atomic E-state index is 13.7. The largest absolute Gasteiger partial charge is 0.326 e. The van der Waals surface area contributed by atoms with Gasteiger partial charge in [-0.15, -0.1) is 0 Å². The molecule has 1 heterocycles. The Morgan fingerprint density at radius 3 is 2.80 bits per heavy atom. The van der Waals surface area contributed by atoms with Crippen LogP contribution in [0.4, 0.5) is 4.39 Å². The van der Waals surface area contributed by atoms with E-state index in [4.69, 9.17) is 5.73 Å². The summed E-state index contributed by atoms with van der Waals surface area (Å²) in [5.74, 6) is -0.471. The van der Waals surface area contributed by atoms with Crippen LogP contribution in [0.2, 0.25) is 0 Å². The Bertz CT molecular complexity index is 698. The third-order valence-corrected chi connectivity index (χ3v) is 4.24. The summed E-state index contributed by atoms with van der Waals surface area (Å²) in [4.78, 5) is 0.000319. The fourth-order valence-corrected chi connectivity index (χ4v) is 2.90. The Morgan fingerprint density at radius 1 is 1.45 bits per heavy atom. The number of hydrogen-bond donors (Lipinski definition) is 3. The number of hydrogen-bond acceptors (Lipinski definition) is 4. The normalized spacial score (nSPS) is 11.8. The molecule has 1 aromatic carbocycles. The molecule has 6 nitrogen and oxygen atoms in total. The molecular formula is C12H15FN4O2S. The molecular weight excluding hydrogens is 283 g/mol.